The van der Waals surface area contributed by atoms with E-state index in [2.05, 4.69) is 23.5 Å². The minimum absolute atomic E-state index is 0.173. The third kappa shape index (κ3) is 3.22. The maximum Gasteiger partial charge on any atom is 0.244 e. The van der Waals surface area contributed by atoms with Crippen molar-refractivity contribution in [2.45, 2.75) is 44.0 Å². The molecule has 2 aliphatic heterocycles. The van der Waals surface area contributed by atoms with Gasteiger partial charge in [-0.1, -0.05) is 13.8 Å². The Kier molecular flexibility index (Phi) is 4.32. The lowest BCUT2D eigenvalue weighted by Gasteiger charge is -2.19. The fourth-order valence-electron chi connectivity index (χ4n) is 3.20. The Hall–Kier alpha value is -1.27. The highest BCUT2D eigenvalue weighted by molar-refractivity contribution is 7.89. The van der Waals surface area contributed by atoms with Gasteiger partial charge in [-0.15, -0.1) is 0 Å². The number of nitrogens with zero attached hydrogens (tertiary/aromatic N) is 1. The van der Waals surface area contributed by atoms with Crippen molar-refractivity contribution >= 4 is 15.7 Å². The highest BCUT2D eigenvalue weighted by Crippen LogP contribution is 2.32. The van der Waals surface area contributed by atoms with Crippen LogP contribution >= 0.6 is 0 Å². The van der Waals surface area contributed by atoms with Crippen LogP contribution in [-0.2, 0) is 10.0 Å². The summed E-state index contributed by atoms with van der Waals surface area (Å²) in [6, 6.07) is 5.25. The third-order valence-corrected chi connectivity index (χ3v) is 5.77. The van der Waals surface area contributed by atoms with E-state index in [0.29, 0.717) is 18.3 Å². The first kappa shape index (κ1) is 15.6. The molecule has 2 aliphatic rings. The summed E-state index contributed by atoms with van der Waals surface area (Å²) in [5.74, 6) is 0.890. The van der Waals surface area contributed by atoms with Crippen LogP contribution in [-0.4, -0.2) is 34.2 Å². The number of sulfonamides is 1. The second-order valence-electron chi connectivity index (χ2n) is 6.58. The molecule has 1 saturated heterocycles. The van der Waals surface area contributed by atoms with Crippen molar-refractivity contribution in [1.82, 2.24) is 4.72 Å². The smallest absolute Gasteiger partial charge is 0.244 e. The van der Waals surface area contributed by atoms with E-state index < -0.39 is 10.0 Å². The van der Waals surface area contributed by atoms with Crippen molar-refractivity contribution in [1.29, 1.82) is 0 Å². The van der Waals surface area contributed by atoms with Gasteiger partial charge >= 0.3 is 0 Å². The molecule has 2 heterocycles. The molecule has 1 aromatic carbocycles. The van der Waals surface area contributed by atoms with E-state index in [1.54, 1.807) is 6.07 Å². The van der Waals surface area contributed by atoms with E-state index >= 15 is 0 Å². The molecular weight excluding hydrogens is 300 g/mol. The van der Waals surface area contributed by atoms with Crippen LogP contribution in [0.15, 0.2) is 23.1 Å². The molecular formula is C16H24N2O3S. The summed E-state index contributed by atoms with van der Waals surface area (Å²) in [5, 5.41) is 0. The van der Waals surface area contributed by atoms with Gasteiger partial charge in [0, 0.05) is 24.8 Å². The largest absolute Gasteiger partial charge is 0.490 e. The van der Waals surface area contributed by atoms with Crippen molar-refractivity contribution in [3.8, 4) is 5.75 Å². The molecule has 0 saturated carbocycles. The van der Waals surface area contributed by atoms with E-state index in [-0.39, 0.29) is 10.9 Å². The Bertz CT molecular complexity index is 637. The summed E-state index contributed by atoms with van der Waals surface area (Å²) >= 11 is 0. The Labute approximate surface area is 132 Å². The zero-order chi connectivity index (χ0) is 15.7. The van der Waals surface area contributed by atoms with Crippen LogP contribution in [0.5, 0.6) is 5.75 Å². The van der Waals surface area contributed by atoms with Crippen LogP contribution in [0.2, 0.25) is 0 Å². The van der Waals surface area contributed by atoms with E-state index in [9.17, 15) is 8.42 Å². The molecule has 1 N–H and O–H groups in total. The molecule has 1 fully saturated rings. The Morgan fingerprint density at radius 1 is 1.32 bits per heavy atom. The Morgan fingerprint density at radius 2 is 2.05 bits per heavy atom. The molecule has 0 radical (unpaired) electrons. The molecule has 0 aliphatic carbocycles. The SMILES string of the molecule is CC(C)C[C@H]1COc2cc(N3CCCC3)ccc2S(=O)(=O)N1. The zero-order valence-corrected chi connectivity index (χ0v) is 14.0. The number of fused-ring (bicyclic) bond motifs is 1. The molecule has 0 bridgehead atoms. The van der Waals surface area contributed by atoms with Crippen LogP contribution in [0.1, 0.15) is 33.1 Å². The number of rotatable bonds is 3. The highest BCUT2D eigenvalue weighted by atomic mass is 32.2. The fourth-order valence-corrected chi connectivity index (χ4v) is 4.56. The molecule has 5 nitrogen and oxygen atoms in total. The molecule has 3 rings (SSSR count). The second-order valence-corrected chi connectivity index (χ2v) is 8.27. The molecule has 1 aromatic rings. The van der Waals surface area contributed by atoms with Crippen molar-refractivity contribution in [2.24, 2.45) is 5.92 Å². The molecule has 0 spiro atoms. The van der Waals surface area contributed by atoms with Crippen LogP contribution in [0.25, 0.3) is 0 Å². The molecule has 0 amide bonds. The predicted octanol–water partition coefficient (Wildman–Crippen LogP) is 2.37. The summed E-state index contributed by atoms with van der Waals surface area (Å²) in [4.78, 5) is 2.53. The lowest BCUT2D eigenvalue weighted by molar-refractivity contribution is 0.262. The summed E-state index contributed by atoms with van der Waals surface area (Å²) in [5.41, 5.74) is 1.05. The average Bonchev–Trinajstić information content (AvgIpc) is 2.93. The van der Waals surface area contributed by atoms with Crippen molar-refractivity contribution in [3.05, 3.63) is 18.2 Å². The first-order valence-corrected chi connectivity index (χ1v) is 9.48. The molecule has 6 heteroatoms. The minimum Gasteiger partial charge on any atom is -0.490 e. The zero-order valence-electron chi connectivity index (χ0n) is 13.2. The van der Waals surface area contributed by atoms with E-state index in [1.165, 1.54) is 12.8 Å². The summed E-state index contributed by atoms with van der Waals surface area (Å²) in [6.45, 7) is 6.60. The Morgan fingerprint density at radius 3 is 2.73 bits per heavy atom. The molecule has 0 aromatic heterocycles. The van der Waals surface area contributed by atoms with Gasteiger partial charge in [0.25, 0.3) is 0 Å². The number of ether oxygens (including phenoxy) is 1. The number of nitrogens with one attached hydrogen (secondary N) is 1. The first-order valence-electron chi connectivity index (χ1n) is 8.00. The van der Waals surface area contributed by atoms with Gasteiger partial charge in [0.15, 0.2) is 0 Å². The van der Waals surface area contributed by atoms with E-state index in [4.69, 9.17) is 4.74 Å². The van der Waals surface area contributed by atoms with Gasteiger partial charge in [-0.3, -0.25) is 0 Å². The van der Waals surface area contributed by atoms with Gasteiger partial charge in [-0.25, -0.2) is 13.1 Å². The van der Waals surface area contributed by atoms with Crippen molar-refractivity contribution in [2.75, 3.05) is 24.6 Å². The quantitative estimate of drug-likeness (QED) is 0.927. The van der Waals surface area contributed by atoms with Crippen LogP contribution in [0.4, 0.5) is 5.69 Å². The van der Waals surface area contributed by atoms with Gasteiger partial charge in [0.05, 0.1) is 6.04 Å². The average molecular weight is 324 g/mol. The van der Waals surface area contributed by atoms with Gasteiger partial charge in [0.2, 0.25) is 10.0 Å². The fraction of sp³-hybridized carbons (Fsp3) is 0.625. The minimum atomic E-state index is -3.51. The van der Waals surface area contributed by atoms with Crippen LogP contribution < -0.4 is 14.4 Å². The van der Waals surface area contributed by atoms with E-state index in [1.807, 2.05) is 12.1 Å². The topological polar surface area (TPSA) is 58.6 Å². The second kappa shape index (κ2) is 6.08. The first-order chi connectivity index (χ1) is 10.5. The number of anilines is 1. The Balaban J connectivity index is 1.89. The van der Waals surface area contributed by atoms with Crippen molar-refractivity contribution in [3.63, 3.8) is 0 Å². The molecule has 0 unspecified atom stereocenters. The summed E-state index contributed by atoms with van der Waals surface area (Å²) in [6.07, 6.45) is 3.15. The summed E-state index contributed by atoms with van der Waals surface area (Å²) in [7, 11) is -3.51. The third-order valence-electron chi connectivity index (χ3n) is 4.21. The van der Waals surface area contributed by atoms with Crippen LogP contribution in [0, 0.1) is 5.92 Å². The lowest BCUT2D eigenvalue weighted by atomic mass is 10.1. The number of hydrogen-bond donors (Lipinski definition) is 1. The normalized spacial score (nSPS) is 24.0. The monoisotopic (exact) mass is 324 g/mol. The van der Waals surface area contributed by atoms with Gasteiger partial charge in [-0.2, -0.15) is 0 Å². The molecule has 22 heavy (non-hydrogen) atoms. The summed E-state index contributed by atoms with van der Waals surface area (Å²) < 4.78 is 33.6. The highest BCUT2D eigenvalue weighted by Gasteiger charge is 2.29. The van der Waals surface area contributed by atoms with Gasteiger partial charge < -0.3 is 9.64 Å². The lowest BCUT2D eigenvalue weighted by Crippen LogP contribution is -2.37. The predicted molar refractivity (Wildman–Crippen MR) is 86.9 cm³/mol. The molecule has 1 atom stereocenters. The van der Waals surface area contributed by atoms with Gasteiger partial charge in [-0.05, 0) is 37.3 Å². The standard InChI is InChI=1S/C16H24N2O3S/c1-12(2)9-13-11-21-15-10-14(18-7-3-4-8-18)5-6-16(15)22(19,20)17-13/h5-6,10,12-13,17H,3-4,7-9,11H2,1-2H3/t13-/m0/s1. The van der Waals surface area contributed by atoms with Gasteiger partial charge in [0.1, 0.15) is 17.3 Å². The maximum atomic E-state index is 12.5. The van der Waals surface area contributed by atoms with E-state index in [0.717, 1.165) is 25.2 Å². The van der Waals surface area contributed by atoms with Crippen LogP contribution in [0.3, 0.4) is 0 Å². The number of benzene rings is 1. The van der Waals surface area contributed by atoms with Crippen molar-refractivity contribution < 1.29 is 13.2 Å². The molecule has 122 valence electrons. The maximum absolute atomic E-state index is 12.5. The number of hydrogen-bond acceptors (Lipinski definition) is 4.